The van der Waals surface area contributed by atoms with Crippen molar-refractivity contribution < 1.29 is 0 Å². The van der Waals surface area contributed by atoms with E-state index in [1.54, 1.807) is 0 Å². The summed E-state index contributed by atoms with van der Waals surface area (Å²) in [4.78, 5) is 0. The Morgan fingerprint density at radius 2 is 1.38 bits per heavy atom. The van der Waals surface area contributed by atoms with Crippen LogP contribution in [0.3, 0.4) is 0 Å². The van der Waals surface area contributed by atoms with E-state index in [0.29, 0.717) is 5.04 Å². The van der Waals surface area contributed by atoms with Gasteiger partial charge in [0.2, 0.25) is 0 Å². The van der Waals surface area contributed by atoms with Gasteiger partial charge in [-0.2, -0.15) is 0 Å². The summed E-state index contributed by atoms with van der Waals surface area (Å²) in [5, 5.41) is 0.592. The molecule has 1 saturated carbocycles. The highest BCUT2D eigenvalue weighted by Gasteiger charge is 2.41. The van der Waals surface area contributed by atoms with Crippen LogP contribution in [0.15, 0.2) is 0 Å². The molecule has 78 valence electrons. The van der Waals surface area contributed by atoms with Crippen LogP contribution in [0.1, 0.15) is 52.9 Å². The molecule has 0 spiro atoms. The van der Waals surface area contributed by atoms with E-state index >= 15 is 0 Å². The van der Waals surface area contributed by atoms with Crippen molar-refractivity contribution in [2.45, 2.75) is 76.5 Å². The van der Waals surface area contributed by atoms with Crippen molar-refractivity contribution >= 4 is 8.07 Å². The highest BCUT2D eigenvalue weighted by atomic mass is 28.3. The Morgan fingerprint density at radius 3 is 1.77 bits per heavy atom. The van der Waals surface area contributed by atoms with Crippen molar-refractivity contribution in [2.75, 3.05) is 0 Å². The summed E-state index contributed by atoms with van der Waals surface area (Å²) in [6.07, 6.45) is 7.53. The second kappa shape index (κ2) is 3.76. The van der Waals surface area contributed by atoms with Crippen LogP contribution in [-0.2, 0) is 0 Å². The molecule has 0 amide bonds. The topological polar surface area (TPSA) is 0 Å². The fourth-order valence-corrected chi connectivity index (χ4v) is 5.51. The van der Waals surface area contributed by atoms with Crippen LogP contribution >= 0.6 is 0 Å². The van der Waals surface area contributed by atoms with Crippen molar-refractivity contribution in [1.29, 1.82) is 0 Å². The maximum atomic E-state index is 2.60. The monoisotopic (exact) mass is 198 g/mol. The Bertz CT molecular complexity index is 158. The Hall–Kier alpha value is 0.217. The zero-order valence-corrected chi connectivity index (χ0v) is 11.1. The molecule has 0 saturated heterocycles. The summed E-state index contributed by atoms with van der Waals surface area (Å²) >= 11 is 0. The molecule has 1 fully saturated rings. The molecule has 0 heterocycles. The summed E-state index contributed by atoms with van der Waals surface area (Å²) in [7, 11) is -1.00. The molecule has 0 radical (unpaired) electrons. The van der Waals surface area contributed by atoms with Crippen molar-refractivity contribution in [3.63, 3.8) is 0 Å². The van der Waals surface area contributed by atoms with Gasteiger partial charge in [-0.15, -0.1) is 0 Å². The number of hydrogen-bond acceptors (Lipinski definition) is 0. The summed E-state index contributed by atoms with van der Waals surface area (Å²) in [5.74, 6) is 0. The smallest absolute Gasteiger partial charge is 0.0558 e. The summed E-state index contributed by atoms with van der Waals surface area (Å²) in [6, 6.07) is 0. The molecule has 0 N–H and O–H groups in total. The molecule has 0 nitrogen and oxygen atoms in total. The van der Waals surface area contributed by atoms with E-state index < -0.39 is 8.07 Å². The summed E-state index contributed by atoms with van der Waals surface area (Å²) in [5.41, 5.74) is 1.10. The van der Waals surface area contributed by atoms with Crippen molar-refractivity contribution in [1.82, 2.24) is 0 Å². The average molecular weight is 198 g/mol. The van der Waals surface area contributed by atoms with Gasteiger partial charge in [0, 0.05) is 0 Å². The minimum absolute atomic E-state index is 0.592. The molecule has 0 aliphatic heterocycles. The van der Waals surface area contributed by atoms with Crippen LogP contribution in [0.5, 0.6) is 0 Å². The first-order chi connectivity index (χ1) is 5.86. The third-order valence-electron chi connectivity index (χ3n) is 4.56. The van der Waals surface area contributed by atoms with Gasteiger partial charge in [0.15, 0.2) is 0 Å². The van der Waals surface area contributed by atoms with E-state index in [2.05, 4.69) is 33.9 Å². The van der Waals surface area contributed by atoms with Crippen LogP contribution < -0.4 is 0 Å². The minimum atomic E-state index is -1.00. The lowest BCUT2D eigenvalue weighted by atomic mass is 10.0. The van der Waals surface area contributed by atoms with Crippen LogP contribution in [0.2, 0.25) is 23.7 Å². The molecular weight excluding hydrogens is 172 g/mol. The van der Waals surface area contributed by atoms with Crippen LogP contribution in [0.25, 0.3) is 0 Å². The Labute approximate surface area is 85.1 Å². The normalized spacial score (nSPS) is 21.9. The zero-order chi connectivity index (χ0) is 10.1. The third kappa shape index (κ3) is 2.37. The fraction of sp³-hybridized carbons (Fsp3) is 1.00. The molecule has 1 aliphatic carbocycles. The molecule has 0 aromatic heterocycles. The highest BCUT2D eigenvalue weighted by Crippen LogP contribution is 2.48. The van der Waals surface area contributed by atoms with E-state index in [0.717, 1.165) is 5.54 Å². The van der Waals surface area contributed by atoms with Gasteiger partial charge in [-0.05, 0) is 10.6 Å². The molecule has 1 rings (SSSR count). The quantitative estimate of drug-likeness (QED) is 0.529. The summed E-state index contributed by atoms with van der Waals surface area (Å²) < 4.78 is 0. The molecule has 13 heavy (non-hydrogen) atoms. The molecule has 0 aromatic carbocycles. The number of rotatable bonds is 1. The Balaban J connectivity index is 2.67. The number of hydrogen-bond donors (Lipinski definition) is 0. The predicted molar refractivity (Wildman–Crippen MR) is 64.0 cm³/mol. The van der Waals surface area contributed by atoms with E-state index in [4.69, 9.17) is 0 Å². The first-order valence-corrected chi connectivity index (χ1v) is 8.93. The molecule has 0 bridgehead atoms. The molecule has 0 unspecified atom stereocenters. The van der Waals surface area contributed by atoms with Crippen molar-refractivity contribution in [3.05, 3.63) is 0 Å². The Morgan fingerprint density at radius 1 is 0.923 bits per heavy atom. The molecular formula is C12H26Si. The van der Waals surface area contributed by atoms with Gasteiger partial charge in [-0.25, -0.2) is 0 Å². The van der Waals surface area contributed by atoms with Gasteiger partial charge >= 0.3 is 0 Å². The molecule has 0 aromatic rings. The lowest BCUT2D eigenvalue weighted by molar-refractivity contribution is 0.479. The maximum absolute atomic E-state index is 2.60. The van der Waals surface area contributed by atoms with Crippen LogP contribution in [0.4, 0.5) is 0 Å². The molecule has 1 aliphatic rings. The van der Waals surface area contributed by atoms with E-state index in [1.807, 2.05) is 0 Å². The highest BCUT2D eigenvalue weighted by molar-refractivity contribution is 6.81. The van der Waals surface area contributed by atoms with Gasteiger partial charge < -0.3 is 0 Å². The van der Waals surface area contributed by atoms with Crippen LogP contribution in [0, 0.1) is 0 Å². The van der Waals surface area contributed by atoms with Gasteiger partial charge in [-0.3, -0.25) is 0 Å². The van der Waals surface area contributed by atoms with Crippen molar-refractivity contribution in [3.8, 4) is 0 Å². The maximum Gasteiger partial charge on any atom is 0.0558 e. The minimum Gasteiger partial charge on any atom is -0.0688 e. The van der Waals surface area contributed by atoms with Gasteiger partial charge in [0.1, 0.15) is 0 Å². The SMILES string of the molecule is CC(C)(C)[Si](C)(C)C1CCCCC1. The second-order valence-corrected chi connectivity index (χ2v) is 12.1. The second-order valence-electron chi connectivity index (χ2n) is 6.31. The van der Waals surface area contributed by atoms with Gasteiger partial charge in [0.05, 0.1) is 8.07 Å². The summed E-state index contributed by atoms with van der Waals surface area (Å²) in [6.45, 7) is 12.6. The van der Waals surface area contributed by atoms with E-state index in [1.165, 1.54) is 32.1 Å². The predicted octanol–water partition coefficient (Wildman–Crippen LogP) is 4.83. The lowest BCUT2D eigenvalue weighted by Crippen LogP contribution is -2.42. The van der Waals surface area contributed by atoms with E-state index in [-0.39, 0.29) is 0 Å². The molecule has 1 heteroatoms. The van der Waals surface area contributed by atoms with Crippen molar-refractivity contribution in [2.24, 2.45) is 0 Å². The van der Waals surface area contributed by atoms with Gasteiger partial charge in [0.25, 0.3) is 0 Å². The zero-order valence-electron chi connectivity index (χ0n) is 10.1. The first kappa shape index (κ1) is 11.3. The standard InChI is InChI=1S/C12H26Si/c1-12(2,3)13(4,5)11-9-7-6-8-10-11/h11H,6-10H2,1-5H3. The lowest BCUT2D eigenvalue weighted by Gasteiger charge is -2.45. The van der Waals surface area contributed by atoms with Gasteiger partial charge in [-0.1, -0.05) is 66.0 Å². The average Bonchev–Trinajstić information content (AvgIpc) is 2.04. The third-order valence-corrected chi connectivity index (χ3v) is 11.0. The Kier molecular flexibility index (Phi) is 3.27. The van der Waals surface area contributed by atoms with E-state index in [9.17, 15) is 0 Å². The largest absolute Gasteiger partial charge is 0.0688 e. The van der Waals surface area contributed by atoms with Crippen LogP contribution in [-0.4, -0.2) is 8.07 Å². The molecule has 0 atom stereocenters. The first-order valence-electron chi connectivity index (χ1n) is 5.86. The fourth-order valence-electron chi connectivity index (χ4n) is 2.44.